The van der Waals surface area contributed by atoms with E-state index in [0.717, 1.165) is 12.8 Å². The topological polar surface area (TPSA) is 0 Å². The predicted molar refractivity (Wildman–Crippen MR) is 57.2 cm³/mol. The van der Waals surface area contributed by atoms with E-state index in [1.54, 1.807) is 0 Å². The highest BCUT2D eigenvalue weighted by molar-refractivity contribution is 6.18. The number of rotatable bonds is 3. The SMILES string of the molecule is CCC1(c2ccc(F)cc2)CC1CCl. The van der Waals surface area contributed by atoms with Crippen molar-refractivity contribution >= 4 is 11.6 Å². The number of hydrogen-bond acceptors (Lipinski definition) is 0. The number of benzene rings is 1. The average molecular weight is 213 g/mol. The summed E-state index contributed by atoms with van der Waals surface area (Å²) in [6.45, 7) is 2.18. The normalized spacial score (nSPS) is 30.4. The summed E-state index contributed by atoms with van der Waals surface area (Å²) in [5.41, 5.74) is 1.49. The fourth-order valence-electron chi connectivity index (χ4n) is 2.36. The molecule has 2 atom stereocenters. The molecule has 0 nitrogen and oxygen atoms in total. The van der Waals surface area contributed by atoms with Gasteiger partial charge in [0.1, 0.15) is 5.82 Å². The second-order valence-corrected chi connectivity index (χ2v) is 4.38. The Morgan fingerprint density at radius 2 is 2.07 bits per heavy atom. The van der Waals surface area contributed by atoms with Crippen molar-refractivity contribution in [1.29, 1.82) is 0 Å². The number of halogens is 2. The monoisotopic (exact) mass is 212 g/mol. The largest absolute Gasteiger partial charge is 0.207 e. The molecule has 2 heteroatoms. The lowest BCUT2D eigenvalue weighted by molar-refractivity contribution is 0.599. The molecule has 1 saturated carbocycles. The zero-order valence-corrected chi connectivity index (χ0v) is 9.02. The van der Waals surface area contributed by atoms with Crippen LogP contribution in [0.3, 0.4) is 0 Å². The first-order chi connectivity index (χ1) is 6.73. The van der Waals surface area contributed by atoms with Crippen LogP contribution in [0.4, 0.5) is 4.39 Å². The second kappa shape index (κ2) is 3.54. The molecule has 1 aromatic carbocycles. The van der Waals surface area contributed by atoms with Crippen molar-refractivity contribution < 1.29 is 4.39 Å². The molecule has 0 radical (unpaired) electrons. The van der Waals surface area contributed by atoms with Crippen molar-refractivity contribution in [3.63, 3.8) is 0 Å². The summed E-state index contributed by atoms with van der Waals surface area (Å²) < 4.78 is 12.8. The highest BCUT2D eigenvalue weighted by Crippen LogP contribution is 2.57. The van der Waals surface area contributed by atoms with Gasteiger partial charge in [-0.25, -0.2) is 4.39 Å². The van der Waals surface area contributed by atoms with Crippen LogP contribution in [0, 0.1) is 11.7 Å². The van der Waals surface area contributed by atoms with Crippen LogP contribution in [-0.2, 0) is 5.41 Å². The first-order valence-corrected chi connectivity index (χ1v) is 5.58. The van der Waals surface area contributed by atoms with Gasteiger partial charge in [-0.3, -0.25) is 0 Å². The standard InChI is InChI=1S/C12H14ClF/c1-2-12(7-10(12)8-13)9-3-5-11(14)6-4-9/h3-6,10H,2,7-8H2,1H3. The van der Waals surface area contributed by atoms with Gasteiger partial charge in [-0.1, -0.05) is 19.1 Å². The lowest BCUT2D eigenvalue weighted by Gasteiger charge is -2.14. The molecular weight excluding hydrogens is 199 g/mol. The Labute approximate surface area is 89.1 Å². The minimum Gasteiger partial charge on any atom is -0.207 e. The molecule has 1 aromatic rings. The second-order valence-electron chi connectivity index (χ2n) is 4.07. The Hall–Kier alpha value is -0.560. The molecule has 1 aliphatic rings. The molecule has 0 aromatic heterocycles. The Kier molecular flexibility index (Phi) is 2.52. The Balaban J connectivity index is 2.26. The maximum absolute atomic E-state index is 12.8. The van der Waals surface area contributed by atoms with Crippen LogP contribution in [0.15, 0.2) is 24.3 Å². The third kappa shape index (κ3) is 1.44. The molecule has 0 aliphatic heterocycles. The van der Waals surface area contributed by atoms with Crippen LogP contribution in [0.2, 0.25) is 0 Å². The molecule has 0 amide bonds. The van der Waals surface area contributed by atoms with Crippen molar-refractivity contribution in [3.8, 4) is 0 Å². The van der Waals surface area contributed by atoms with Crippen molar-refractivity contribution in [1.82, 2.24) is 0 Å². The minimum absolute atomic E-state index is 0.164. The summed E-state index contributed by atoms with van der Waals surface area (Å²) in [6, 6.07) is 6.86. The van der Waals surface area contributed by atoms with Gasteiger partial charge in [0.05, 0.1) is 0 Å². The lowest BCUT2D eigenvalue weighted by atomic mass is 9.91. The van der Waals surface area contributed by atoms with E-state index in [1.807, 2.05) is 12.1 Å². The quantitative estimate of drug-likeness (QED) is 0.670. The average Bonchev–Trinajstić information content (AvgIpc) is 2.94. The molecule has 0 bridgehead atoms. The van der Waals surface area contributed by atoms with Crippen molar-refractivity contribution in [2.75, 3.05) is 5.88 Å². The zero-order valence-electron chi connectivity index (χ0n) is 8.26. The van der Waals surface area contributed by atoms with E-state index in [1.165, 1.54) is 17.7 Å². The fraction of sp³-hybridized carbons (Fsp3) is 0.500. The van der Waals surface area contributed by atoms with Gasteiger partial charge in [-0.05, 0) is 41.9 Å². The maximum Gasteiger partial charge on any atom is 0.123 e. The molecule has 2 rings (SSSR count). The molecule has 1 aliphatic carbocycles. The number of hydrogen-bond donors (Lipinski definition) is 0. The van der Waals surface area contributed by atoms with E-state index in [4.69, 9.17) is 11.6 Å². The highest BCUT2D eigenvalue weighted by Gasteiger charge is 2.52. The van der Waals surface area contributed by atoms with Crippen LogP contribution in [0.5, 0.6) is 0 Å². The predicted octanol–water partition coefficient (Wildman–Crippen LogP) is 3.73. The molecule has 1 fully saturated rings. The summed E-state index contributed by atoms with van der Waals surface area (Å²) in [4.78, 5) is 0. The summed E-state index contributed by atoms with van der Waals surface area (Å²) >= 11 is 5.87. The Bertz CT molecular complexity index is 320. The van der Waals surface area contributed by atoms with Gasteiger partial charge in [0, 0.05) is 5.88 Å². The van der Waals surface area contributed by atoms with E-state index in [2.05, 4.69) is 6.92 Å². The van der Waals surface area contributed by atoms with E-state index in [9.17, 15) is 4.39 Å². The first kappa shape index (κ1) is 9.97. The van der Waals surface area contributed by atoms with E-state index in [0.29, 0.717) is 11.8 Å². The van der Waals surface area contributed by atoms with Gasteiger partial charge in [-0.2, -0.15) is 0 Å². The van der Waals surface area contributed by atoms with E-state index < -0.39 is 0 Å². The van der Waals surface area contributed by atoms with Crippen molar-refractivity contribution in [3.05, 3.63) is 35.6 Å². The molecule has 0 saturated heterocycles. The summed E-state index contributed by atoms with van der Waals surface area (Å²) in [6.07, 6.45) is 2.24. The van der Waals surface area contributed by atoms with Crippen molar-refractivity contribution in [2.45, 2.75) is 25.2 Å². The summed E-state index contributed by atoms with van der Waals surface area (Å²) in [7, 11) is 0. The molecular formula is C12H14ClF. The van der Waals surface area contributed by atoms with E-state index >= 15 is 0 Å². The molecule has 76 valence electrons. The van der Waals surface area contributed by atoms with Crippen LogP contribution in [0.1, 0.15) is 25.3 Å². The van der Waals surface area contributed by atoms with Crippen molar-refractivity contribution in [2.24, 2.45) is 5.92 Å². The van der Waals surface area contributed by atoms with Crippen LogP contribution in [0.25, 0.3) is 0 Å². The Morgan fingerprint density at radius 1 is 1.43 bits per heavy atom. The Morgan fingerprint density at radius 3 is 2.50 bits per heavy atom. The van der Waals surface area contributed by atoms with Gasteiger partial charge >= 0.3 is 0 Å². The van der Waals surface area contributed by atoms with Crippen LogP contribution < -0.4 is 0 Å². The van der Waals surface area contributed by atoms with Crippen LogP contribution in [-0.4, -0.2) is 5.88 Å². The van der Waals surface area contributed by atoms with Gasteiger partial charge in [0.2, 0.25) is 0 Å². The first-order valence-electron chi connectivity index (χ1n) is 5.05. The van der Waals surface area contributed by atoms with Gasteiger partial charge in [0.25, 0.3) is 0 Å². The van der Waals surface area contributed by atoms with E-state index in [-0.39, 0.29) is 11.2 Å². The smallest absolute Gasteiger partial charge is 0.123 e. The third-order valence-electron chi connectivity index (χ3n) is 3.47. The molecule has 0 heterocycles. The molecule has 2 unspecified atom stereocenters. The van der Waals surface area contributed by atoms with Crippen LogP contribution >= 0.6 is 11.6 Å². The fourth-order valence-corrected chi connectivity index (χ4v) is 2.76. The maximum atomic E-state index is 12.8. The molecule has 14 heavy (non-hydrogen) atoms. The summed E-state index contributed by atoms with van der Waals surface area (Å²) in [5, 5.41) is 0. The molecule has 0 N–H and O–H groups in total. The zero-order chi connectivity index (χ0) is 10.2. The third-order valence-corrected chi connectivity index (χ3v) is 3.84. The minimum atomic E-state index is -0.164. The summed E-state index contributed by atoms with van der Waals surface area (Å²) in [5.74, 6) is 1.13. The number of alkyl halides is 1. The van der Waals surface area contributed by atoms with Gasteiger partial charge in [0.15, 0.2) is 0 Å². The highest BCUT2D eigenvalue weighted by atomic mass is 35.5. The van der Waals surface area contributed by atoms with Gasteiger partial charge in [-0.15, -0.1) is 11.6 Å². The molecule has 0 spiro atoms. The lowest BCUT2D eigenvalue weighted by Crippen LogP contribution is -2.09. The van der Waals surface area contributed by atoms with Gasteiger partial charge < -0.3 is 0 Å².